The minimum absolute atomic E-state index is 0.0581. The van der Waals surface area contributed by atoms with Crippen LogP contribution in [0, 0.1) is 6.92 Å². The molecule has 0 saturated carbocycles. The van der Waals surface area contributed by atoms with Crippen molar-refractivity contribution < 1.29 is 9.59 Å². The van der Waals surface area contributed by atoms with Gasteiger partial charge in [0.05, 0.1) is 6.42 Å². The van der Waals surface area contributed by atoms with E-state index in [1.54, 1.807) is 11.8 Å². The zero-order chi connectivity index (χ0) is 19.1. The molecule has 1 N–H and O–H groups in total. The Kier molecular flexibility index (Phi) is 7.39. The highest BCUT2D eigenvalue weighted by atomic mass is 79.9. The molecule has 5 heteroatoms. The maximum Gasteiger partial charge on any atom is 0.242 e. The van der Waals surface area contributed by atoms with Gasteiger partial charge in [0.1, 0.15) is 6.04 Å². The van der Waals surface area contributed by atoms with Crippen LogP contribution in [0.4, 0.5) is 0 Å². The third kappa shape index (κ3) is 5.70. The topological polar surface area (TPSA) is 49.4 Å². The van der Waals surface area contributed by atoms with Crippen molar-refractivity contribution in [2.45, 2.75) is 39.8 Å². The third-order valence-electron chi connectivity index (χ3n) is 4.22. The van der Waals surface area contributed by atoms with E-state index in [0.717, 1.165) is 21.2 Å². The van der Waals surface area contributed by atoms with Gasteiger partial charge in [-0.3, -0.25) is 9.59 Å². The van der Waals surface area contributed by atoms with Gasteiger partial charge in [0.25, 0.3) is 0 Å². The Morgan fingerprint density at radius 2 is 1.81 bits per heavy atom. The Balaban J connectivity index is 2.21. The molecular formula is C21H25BrN2O2. The van der Waals surface area contributed by atoms with Crippen LogP contribution in [0.3, 0.4) is 0 Å². The van der Waals surface area contributed by atoms with E-state index < -0.39 is 6.04 Å². The largest absolute Gasteiger partial charge is 0.355 e. The fraction of sp³-hybridized carbons (Fsp3) is 0.333. The molecule has 0 heterocycles. The molecule has 2 rings (SSSR count). The molecule has 1 atom stereocenters. The molecule has 0 aromatic heterocycles. The quantitative estimate of drug-likeness (QED) is 0.744. The van der Waals surface area contributed by atoms with Crippen molar-refractivity contribution in [1.82, 2.24) is 10.2 Å². The minimum Gasteiger partial charge on any atom is -0.355 e. The Hall–Kier alpha value is -2.14. The summed E-state index contributed by atoms with van der Waals surface area (Å²) >= 11 is 3.42. The van der Waals surface area contributed by atoms with Crippen LogP contribution in [0.15, 0.2) is 53.0 Å². The summed E-state index contributed by atoms with van der Waals surface area (Å²) in [6, 6.07) is 15.2. The number of benzene rings is 2. The van der Waals surface area contributed by atoms with Crippen molar-refractivity contribution in [1.29, 1.82) is 0 Å². The average Bonchev–Trinajstić information content (AvgIpc) is 2.60. The van der Waals surface area contributed by atoms with Gasteiger partial charge in [0.2, 0.25) is 11.8 Å². The Labute approximate surface area is 163 Å². The van der Waals surface area contributed by atoms with E-state index in [1.165, 1.54) is 0 Å². The van der Waals surface area contributed by atoms with Crippen molar-refractivity contribution in [3.8, 4) is 0 Å². The molecule has 2 amide bonds. The van der Waals surface area contributed by atoms with Gasteiger partial charge in [-0.25, -0.2) is 0 Å². The van der Waals surface area contributed by atoms with E-state index in [9.17, 15) is 9.59 Å². The van der Waals surface area contributed by atoms with E-state index in [4.69, 9.17) is 0 Å². The van der Waals surface area contributed by atoms with Gasteiger partial charge in [0, 0.05) is 17.6 Å². The number of aryl methyl sites for hydroxylation is 1. The van der Waals surface area contributed by atoms with Crippen LogP contribution in [0.1, 0.15) is 30.5 Å². The van der Waals surface area contributed by atoms with Crippen LogP contribution in [-0.4, -0.2) is 29.3 Å². The first-order valence-corrected chi connectivity index (χ1v) is 9.57. The van der Waals surface area contributed by atoms with Crippen molar-refractivity contribution >= 4 is 27.7 Å². The lowest BCUT2D eigenvalue weighted by molar-refractivity contribution is -0.140. The average molecular weight is 417 g/mol. The van der Waals surface area contributed by atoms with Gasteiger partial charge < -0.3 is 10.2 Å². The predicted octanol–water partition coefficient (Wildman–Crippen LogP) is 3.85. The maximum absolute atomic E-state index is 13.0. The second-order valence-electron chi connectivity index (χ2n) is 6.38. The van der Waals surface area contributed by atoms with E-state index in [2.05, 4.69) is 21.2 Å². The molecule has 138 valence electrons. The first kappa shape index (κ1) is 20.2. The highest BCUT2D eigenvalue weighted by Gasteiger charge is 2.25. The Morgan fingerprint density at radius 1 is 1.12 bits per heavy atom. The summed E-state index contributed by atoms with van der Waals surface area (Å²) in [6.45, 7) is 6.60. The number of nitrogens with zero attached hydrogens (tertiary/aromatic N) is 1. The fourth-order valence-corrected chi connectivity index (χ4v) is 3.05. The van der Waals surface area contributed by atoms with Crippen molar-refractivity contribution in [3.05, 3.63) is 69.7 Å². The summed E-state index contributed by atoms with van der Waals surface area (Å²) < 4.78 is 0.982. The van der Waals surface area contributed by atoms with Crippen molar-refractivity contribution in [2.75, 3.05) is 6.54 Å². The first-order valence-electron chi connectivity index (χ1n) is 8.78. The molecule has 2 aromatic carbocycles. The van der Waals surface area contributed by atoms with E-state index in [0.29, 0.717) is 13.1 Å². The number of rotatable bonds is 7. The number of hydrogen-bond acceptors (Lipinski definition) is 2. The monoisotopic (exact) mass is 416 g/mol. The molecule has 0 saturated heterocycles. The van der Waals surface area contributed by atoms with Gasteiger partial charge in [-0.2, -0.15) is 0 Å². The van der Waals surface area contributed by atoms with Crippen molar-refractivity contribution in [2.24, 2.45) is 0 Å². The number of halogens is 1. The zero-order valence-corrected chi connectivity index (χ0v) is 17.0. The second kappa shape index (κ2) is 9.53. The number of hydrogen-bond donors (Lipinski definition) is 1. The smallest absolute Gasteiger partial charge is 0.242 e. The highest BCUT2D eigenvalue weighted by molar-refractivity contribution is 9.10. The molecule has 0 aliphatic carbocycles. The van der Waals surface area contributed by atoms with Gasteiger partial charge in [0.15, 0.2) is 0 Å². The van der Waals surface area contributed by atoms with Crippen LogP contribution in [0.5, 0.6) is 0 Å². The summed E-state index contributed by atoms with van der Waals surface area (Å²) in [5, 5.41) is 2.81. The summed E-state index contributed by atoms with van der Waals surface area (Å²) in [7, 11) is 0. The number of amides is 2. The maximum atomic E-state index is 13.0. The molecule has 0 aliphatic heterocycles. The van der Waals surface area contributed by atoms with Gasteiger partial charge in [-0.1, -0.05) is 57.9 Å². The van der Waals surface area contributed by atoms with Crippen LogP contribution >= 0.6 is 15.9 Å². The van der Waals surface area contributed by atoms with E-state index in [-0.39, 0.29) is 18.2 Å². The predicted molar refractivity (Wildman–Crippen MR) is 108 cm³/mol. The summed E-state index contributed by atoms with van der Waals surface area (Å²) in [5.74, 6) is -0.195. The molecule has 0 unspecified atom stereocenters. The van der Waals surface area contributed by atoms with Crippen LogP contribution in [0.25, 0.3) is 0 Å². The molecule has 26 heavy (non-hydrogen) atoms. The SMILES string of the molecule is CCNC(=O)[C@@H](C)N(Cc1ccc(Br)cc1)C(=O)Cc1cccc(C)c1. The Morgan fingerprint density at radius 3 is 2.42 bits per heavy atom. The van der Waals surface area contributed by atoms with Gasteiger partial charge in [-0.05, 0) is 44.0 Å². The van der Waals surface area contributed by atoms with Crippen molar-refractivity contribution in [3.63, 3.8) is 0 Å². The van der Waals surface area contributed by atoms with Crippen LogP contribution < -0.4 is 5.32 Å². The molecule has 0 radical (unpaired) electrons. The fourth-order valence-electron chi connectivity index (χ4n) is 2.79. The zero-order valence-electron chi connectivity index (χ0n) is 15.5. The third-order valence-corrected chi connectivity index (χ3v) is 4.75. The molecule has 2 aromatic rings. The van der Waals surface area contributed by atoms with E-state index in [1.807, 2.05) is 62.4 Å². The molecular weight excluding hydrogens is 392 g/mol. The number of likely N-dealkylation sites (N-methyl/N-ethyl adjacent to an activating group) is 1. The number of carbonyl (C=O) groups is 2. The highest BCUT2D eigenvalue weighted by Crippen LogP contribution is 2.16. The van der Waals surface area contributed by atoms with E-state index >= 15 is 0 Å². The minimum atomic E-state index is -0.532. The standard InChI is InChI=1S/C21H25BrN2O2/c1-4-23-21(26)16(3)24(14-17-8-10-19(22)11-9-17)20(25)13-18-7-5-6-15(2)12-18/h5-12,16H,4,13-14H2,1-3H3,(H,23,26)/t16-/m1/s1. The first-order chi connectivity index (χ1) is 12.4. The Bertz CT molecular complexity index is 759. The molecule has 0 bridgehead atoms. The normalized spacial score (nSPS) is 11.7. The molecule has 0 fully saturated rings. The van der Waals surface area contributed by atoms with Crippen LogP contribution in [-0.2, 0) is 22.6 Å². The summed E-state index contributed by atoms with van der Waals surface area (Å²) in [6.07, 6.45) is 0.280. The number of nitrogens with one attached hydrogen (secondary N) is 1. The second-order valence-corrected chi connectivity index (χ2v) is 7.30. The molecule has 0 aliphatic rings. The summed E-state index contributed by atoms with van der Waals surface area (Å²) in [4.78, 5) is 27.0. The lowest BCUT2D eigenvalue weighted by atomic mass is 10.1. The summed E-state index contributed by atoms with van der Waals surface area (Å²) in [5.41, 5.74) is 3.06. The molecule has 0 spiro atoms. The number of carbonyl (C=O) groups excluding carboxylic acids is 2. The lowest BCUT2D eigenvalue weighted by Crippen LogP contribution is -2.48. The molecule has 4 nitrogen and oxygen atoms in total. The van der Waals surface area contributed by atoms with Gasteiger partial charge >= 0.3 is 0 Å². The van der Waals surface area contributed by atoms with Gasteiger partial charge in [-0.15, -0.1) is 0 Å². The lowest BCUT2D eigenvalue weighted by Gasteiger charge is -2.29. The van der Waals surface area contributed by atoms with Crippen LogP contribution in [0.2, 0.25) is 0 Å².